The van der Waals surface area contributed by atoms with E-state index >= 15 is 0 Å². The molecule has 4 rings (SSSR count). The third kappa shape index (κ3) is 3.36. The molecule has 1 aliphatic rings. The van der Waals surface area contributed by atoms with Gasteiger partial charge in [-0.15, -0.1) is 0 Å². The van der Waals surface area contributed by atoms with Gasteiger partial charge in [-0.1, -0.05) is 11.6 Å². The minimum absolute atomic E-state index is 0.125. The third-order valence-corrected chi connectivity index (χ3v) is 5.34. The van der Waals surface area contributed by atoms with E-state index in [-0.39, 0.29) is 5.91 Å². The van der Waals surface area contributed by atoms with Crippen LogP contribution in [-0.4, -0.2) is 25.1 Å². The number of nitrogens with one attached hydrogen (secondary N) is 1. The van der Waals surface area contributed by atoms with E-state index in [0.717, 1.165) is 22.7 Å². The van der Waals surface area contributed by atoms with E-state index in [9.17, 15) is 4.79 Å². The molecule has 0 saturated carbocycles. The fraction of sp³-hybridized carbons (Fsp3) is 0.182. The average molecular weight is 410 g/mol. The Morgan fingerprint density at radius 1 is 1.10 bits per heavy atom. The van der Waals surface area contributed by atoms with Crippen LogP contribution >= 0.6 is 11.6 Å². The monoisotopic (exact) mass is 409 g/mol. The van der Waals surface area contributed by atoms with Crippen LogP contribution in [0.5, 0.6) is 11.5 Å². The molecule has 1 atom stereocenters. The second-order valence-corrected chi connectivity index (χ2v) is 7.07. The van der Waals surface area contributed by atoms with E-state index in [1.807, 2.05) is 37.3 Å². The maximum atomic E-state index is 13.2. The summed E-state index contributed by atoms with van der Waals surface area (Å²) in [5.41, 5.74) is 3.57. The zero-order valence-corrected chi connectivity index (χ0v) is 17.0. The maximum Gasteiger partial charge on any atom is 0.262 e. The number of benzene rings is 2. The molecule has 1 amide bonds. The molecule has 2 heterocycles. The van der Waals surface area contributed by atoms with Crippen molar-refractivity contribution in [2.45, 2.75) is 13.1 Å². The van der Waals surface area contributed by atoms with Crippen molar-refractivity contribution in [1.82, 2.24) is 4.98 Å². The van der Waals surface area contributed by atoms with Crippen molar-refractivity contribution in [1.29, 1.82) is 0 Å². The number of halogens is 1. The summed E-state index contributed by atoms with van der Waals surface area (Å²) in [5, 5.41) is 4.03. The molecule has 0 aliphatic carbocycles. The second kappa shape index (κ2) is 7.64. The van der Waals surface area contributed by atoms with E-state index in [4.69, 9.17) is 21.1 Å². The van der Waals surface area contributed by atoms with Crippen molar-refractivity contribution in [3.63, 3.8) is 0 Å². The number of hydrogen-bond donors (Lipinski definition) is 1. The lowest BCUT2D eigenvalue weighted by atomic mass is 10.1. The Kier molecular flexibility index (Phi) is 5.03. The normalized spacial score (nSPS) is 15.2. The number of aromatic nitrogens is 1. The molecule has 0 spiro atoms. The van der Waals surface area contributed by atoms with Crippen molar-refractivity contribution >= 4 is 28.9 Å². The first-order valence-electron chi connectivity index (χ1n) is 9.06. The van der Waals surface area contributed by atoms with Crippen LogP contribution in [-0.2, 0) is 0 Å². The fourth-order valence-electron chi connectivity index (χ4n) is 3.42. The van der Waals surface area contributed by atoms with Gasteiger partial charge in [-0.25, -0.2) is 0 Å². The van der Waals surface area contributed by atoms with Gasteiger partial charge in [0.05, 0.1) is 31.2 Å². The van der Waals surface area contributed by atoms with E-state index in [1.165, 1.54) is 0 Å². The van der Waals surface area contributed by atoms with Crippen molar-refractivity contribution < 1.29 is 14.3 Å². The molecule has 148 valence electrons. The number of carbonyl (C=O) groups is 1. The van der Waals surface area contributed by atoms with Gasteiger partial charge in [0, 0.05) is 23.0 Å². The number of aryl methyl sites for hydroxylation is 1. The predicted octanol–water partition coefficient (Wildman–Crippen LogP) is 4.83. The van der Waals surface area contributed by atoms with Gasteiger partial charge in [0.1, 0.15) is 11.5 Å². The number of fused-ring (bicyclic) bond motifs is 1. The first-order valence-corrected chi connectivity index (χ1v) is 9.44. The zero-order valence-electron chi connectivity index (χ0n) is 16.3. The minimum atomic E-state index is -0.499. The first kappa shape index (κ1) is 19.1. The van der Waals surface area contributed by atoms with Crippen LogP contribution in [0.25, 0.3) is 0 Å². The van der Waals surface area contributed by atoms with E-state index in [1.54, 1.807) is 43.5 Å². The number of pyridine rings is 1. The number of ether oxygens (including phenoxy) is 2. The largest absolute Gasteiger partial charge is 0.497 e. The molecule has 29 heavy (non-hydrogen) atoms. The molecule has 0 bridgehead atoms. The first-order chi connectivity index (χ1) is 14.0. The number of methoxy groups -OCH3 is 2. The smallest absolute Gasteiger partial charge is 0.262 e. The molecule has 1 N–H and O–H groups in total. The Morgan fingerprint density at radius 2 is 1.86 bits per heavy atom. The lowest BCUT2D eigenvalue weighted by Crippen LogP contribution is -2.32. The van der Waals surface area contributed by atoms with Crippen LogP contribution in [0.2, 0.25) is 5.02 Å². The van der Waals surface area contributed by atoms with Crippen LogP contribution in [0.3, 0.4) is 0 Å². The SMILES string of the molecule is COc1ccc(N2C(=O)c3cccnc3[C@H]2Nc2cc(C)c(Cl)cc2OC)cc1. The van der Waals surface area contributed by atoms with Crippen molar-refractivity contribution in [2.75, 3.05) is 24.4 Å². The molecule has 3 aromatic rings. The summed E-state index contributed by atoms with van der Waals surface area (Å²) in [6.07, 6.45) is 1.18. The Labute approximate surface area is 174 Å². The molecule has 0 saturated heterocycles. The zero-order chi connectivity index (χ0) is 20.5. The Bertz CT molecular complexity index is 1070. The van der Waals surface area contributed by atoms with Crippen LogP contribution in [0, 0.1) is 6.92 Å². The van der Waals surface area contributed by atoms with E-state index in [0.29, 0.717) is 22.0 Å². The van der Waals surface area contributed by atoms with Crippen molar-refractivity contribution in [3.8, 4) is 11.5 Å². The summed E-state index contributed by atoms with van der Waals surface area (Å²) in [7, 11) is 3.19. The summed E-state index contributed by atoms with van der Waals surface area (Å²) in [4.78, 5) is 19.3. The lowest BCUT2D eigenvalue weighted by Gasteiger charge is -2.27. The van der Waals surface area contributed by atoms with Gasteiger partial charge < -0.3 is 14.8 Å². The Hall–Kier alpha value is -3.25. The van der Waals surface area contributed by atoms with Gasteiger partial charge in [0.25, 0.3) is 5.91 Å². The number of carbonyl (C=O) groups excluding carboxylic acids is 1. The molecule has 0 fully saturated rings. The predicted molar refractivity (Wildman–Crippen MR) is 113 cm³/mol. The molecule has 0 unspecified atom stereocenters. The molecule has 0 radical (unpaired) electrons. The van der Waals surface area contributed by atoms with Gasteiger partial charge >= 0.3 is 0 Å². The molecular formula is C22H20ClN3O3. The summed E-state index contributed by atoms with van der Waals surface area (Å²) in [6.45, 7) is 1.92. The van der Waals surface area contributed by atoms with Gasteiger partial charge in [-0.2, -0.15) is 0 Å². The van der Waals surface area contributed by atoms with Crippen LogP contribution < -0.4 is 19.7 Å². The number of amides is 1. The topological polar surface area (TPSA) is 63.7 Å². The van der Waals surface area contributed by atoms with Crippen molar-refractivity contribution in [2.24, 2.45) is 0 Å². The van der Waals surface area contributed by atoms with E-state index < -0.39 is 6.17 Å². The summed E-state index contributed by atoms with van der Waals surface area (Å²) >= 11 is 6.24. The minimum Gasteiger partial charge on any atom is -0.497 e. The van der Waals surface area contributed by atoms with Crippen LogP contribution in [0.4, 0.5) is 11.4 Å². The van der Waals surface area contributed by atoms with Gasteiger partial charge in [-0.05, 0) is 55.0 Å². The molecule has 7 heteroatoms. The number of rotatable bonds is 5. The molecule has 6 nitrogen and oxygen atoms in total. The maximum absolute atomic E-state index is 13.2. The van der Waals surface area contributed by atoms with Crippen molar-refractivity contribution in [3.05, 3.63) is 76.6 Å². The van der Waals surface area contributed by atoms with Gasteiger partial charge in [0.2, 0.25) is 0 Å². The number of nitrogens with zero attached hydrogens (tertiary/aromatic N) is 2. The van der Waals surface area contributed by atoms with E-state index in [2.05, 4.69) is 10.3 Å². The van der Waals surface area contributed by atoms with Crippen LogP contribution in [0.15, 0.2) is 54.7 Å². The Balaban J connectivity index is 1.79. The summed E-state index contributed by atoms with van der Waals surface area (Å²) in [6, 6.07) is 14.5. The lowest BCUT2D eigenvalue weighted by molar-refractivity contribution is 0.0993. The average Bonchev–Trinajstić information content (AvgIpc) is 3.02. The molecule has 1 aromatic heterocycles. The number of anilines is 2. The highest BCUT2D eigenvalue weighted by Crippen LogP contribution is 2.40. The molecule has 2 aromatic carbocycles. The third-order valence-electron chi connectivity index (χ3n) is 4.93. The van der Waals surface area contributed by atoms with Gasteiger partial charge in [-0.3, -0.25) is 14.7 Å². The highest BCUT2D eigenvalue weighted by molar-refractivity contribution is 6.31. The molecule has 1 aliphatic heterocycles. The second-order valence-electron chi connectivity index (χ2n) is 6.66. The standard InChI is InChI=1S/C22H20ClN3O3/c1-13-11-18(19(29-3)12-17(13)23)25-21-20-16(5-4-10-24-20)22(27)26(21)14-6-8-15(28-2)9-7-14/h4-12,21,25H,1-3H3/t21-/m0/s1. The van der Waals surface area contributed by atoms with Crippen LogP contribution in [0.1, 0.15) is 27.8 Å². The summed E-state index contributed by atoms with van der Waals surface area (Å²) in [5.74, 6) is 1.18. The van der Waals surface area contributed by atoms with Gasteiger partial charge in [0.15, 0.2) is 6.17 Å². The molecular weight excluding hydrogens is 390 g/mol. The Morgan fingerprint density at radius 3 is 2.55 bits per heavy atom. The fourth-order valence-corrected chi connectivity index (χ4v) is 3.57. The highest BCUT2D eigenvalue weighted by Gasteiger charge is 2.39. The quantitative estimate of drug-likeness (QED) is 0.653. The summed E-state index contributed by atoms with van der Waals surface area (Å²) < 4.78 is 10.7. The number of hydrogen-bond acceptors (Lipinski definition) is 5. The highest BCUT2D eigenvalue weighted by atomic mass is 35.5.